The molecule has 1 saturated heterocycles. The highest BCUT2D eigenvalue weighted by molar-refractivity contribution is 9.10. The quantitative estimate of drug-likeness (QED) is 0.898. The summed E-state index contributed by atoms with van der Waals surface area (Å²) >= 11 is 3.34. The Morgan fingerprint density at radius 2 is 2.31 bits per heavy atom. The summed E-state index contributed by atoms with van der Waals surface area (Å²) in [5.74, 6) is -0.206. The molecular weight excluding hydrogens is 273 g/mol. The highest BCUT2D eigenvalue weighted by Crippen LogP contribution is 2.24. The Morgan fingerprint density at radius 3 is 3.06 bits per heavy atom. The average molecular weight is 288 g/mol. The fourth-order valence-electron chi connectivity index (χ4n) is 1.96. The molecule has 1 heterocycles. The van der Waals surface area contributed by atoms with Gasteiger partial charge in [0.25, 0.3) is 0 Å². The van der Waals surface area contributed by atoms with E-state index in [4.69, 9.17) is 4.74 Å². The van der Waals surface area contributed by atoms with Gasteiger partial charge in [-0.15, -0.1) is 0 Å². The molecule has 1 aromatic carbocycles. The number of hydrogen-bond donors (Lipinski definition) is 1. The van der Waals surface area contributed by atoms with Gasteiger partial charge < -0.3 is 10.1 Å². The van der Waals surface area contributed by atoms with Crippen LogP contribution in [0.5, 0.6) is 0 Å². The summed E-state index contributed by atoms with van der Waals surface area (Å²) in [7, 11) is 0. The number of nitrogens with one attached hydrogen (secondary N) is 1. The van der Waals surface area contributed by atoms with Crippen molar-refractivity contribution in [2.45, 2.75) is 31.9 Å². The van der Waals surface area contributed by atoms with Gasteiger partial charge in [0.05, 0.1) is 11.8 Å². The molecule has 16 heavy (non-hydrogen) atoms. The van der Waals surface area contributed by atoms with Crippen LogP contribution in [-0.2, 0) is 4.74 Å². The molecule has 0 radical (unpaired) electrons. The first kappa shape index (κ1) is 11.9. The lowest BCUT2D eigenvalue weighted by atomic mass is 10.0. The maximum Gasteiger partial charge on any atom is 0.146 e. The van der Waals surface area contributed by atoms with Crippen molar-refractivity contribution in [3.05, 3.63) is 28.5 Å². The second-order valence-corrected chi connectivity index (χ2v) is 5.09. The maximum atomic E-state index is 13.5. The van der Waals surface area contributed by atoms with E-state index < -0.39 is 0 Å². The van der Waals surface area contributed by atoms with Gasteiger partial charge in [-0.3, -0.25) is 0 Å². The van der Waals surface area contributed by atoms with Crippen molar-refractivity contribution in [1.82, 2.24) is 0 Å². The van der Waals surface area contributed by atoms with Crippen LogP contribution < -0.4 is 5.32 Å². The molecule has 88 valence electrons. The Labute approximate surface area is 103 Å². The number of anilines is 1. The summed E-state index contributed by atoms with van der Waals surface area (Å²) < 4.78 is 19.8. The van der Waals surface area contributed by atoms with E-state index in [-0.39, 0.29) is 11.9 Å². The van der Waals surface area contributed by atoms with Gasteiger partial charge in [0, 0.05) is 17.1 Å². The van der Waals surface area contributed by atoms with Gasteiger partial charge in [-0.1, -0.05) is 15.9 Å². The van der Waals surface area contributed by atoms with Crippen LogP contribution in [0.1, 0.15) is 19.8 Å². The lowest BCUT2D eigenvalue weighted by Gasteiger charge is -2.28. The molecule has 2 nitrogen and oxygen atoms in total. The lowest BCUT2D eigenvalue weighted by molar-refractivity contribution is 0.0232. The number of hydrogen-bond acceptors (Lipinski definition) is 2. The molecule has 0 saturated carbocycles. The Bertz CT molecular complexity index is 372. The molecule has 2 atom stereocenters. The fourth-order valence-corrected chi connectivity index (χ4v) is 2.32. The maximum absolute atomic E-state index is 13.5. The molecule has 1 aromatic rings. The monoisotopic (exact) mass is 287 g/mol. The summed E-state index contributed by atoms with van der Waals surface area (Å²) in [6, 6.07) is 5.24. The van der Waals surface area contributed by atoms with E-state index in [2.05, 4.69) is 21.2 Å². The Morgan fingerprint density at radius 1 is 1.50 bits per heavy atom. The molecule has 4 heteroatoms. The SMILES string of the molecule is CC1CC(Nc2cc(Br)ccc2F)CCO1. The largest absolute Gasteiger partial charge is 0.380 e. The minimum absolute atomic E-state index is 0.206. The molecule has 1 N–H and O–H groups in total. The van der Waals surface area contributed by atoms with Crippen LogP contribution in [-0.4, -0.2) is 18.8 Å². The van der Waals surface area contributed by atoms with Crippen LogP contribution in [0.3, 0.4) is 0 Å². The Kier molecular flexibility index (Phi) is 3.82. The first-order valence-electron chi connectivity index (χ1n) is 5.48. The van der Waals surface area contributed by atoms with Crippen LogP contribution in [0.4, 0.5) is 10.1 Å². The molecule has 2 rings (SSSR count). The van der Waals surface area contributed by atoms with Crippen molar-refractivity contribution in [3.8, 4) is 0 Å². The number of ether oxygens (including phenoxy) is 1. The molecule has 0 bridgehead atoms. The highest BCUT2D eigenvalue weighted by Gasteiger charge is 2.19. The van der Waals surface area contributed by atoms with Crippen molar-refractivity contribution in [2.75, 3.05) is 11.9 Å². The minimum Gasteiger partial charge on any atom is -0.380 e. The predicted molar refractivity (Wildman–Crippen MR) is 66.2 cm³/mol. The van der Waals surface area contributed by atoms with E-state index in [1.807, 2.05) is 6.92 Å². The zero-order valence-electron chi connectivity index (χ0n) is 9.17. The summed E-state index contributed by atoms with van der Waals surface area (Å²) in [6.45, 7) is 2.79. The molecule has 2 unspecified atom stereocenters. The van der Waals surface area contributed by atoms with Crippen LogP contribution in [0.2, 0.25) is 0 Å². The third-order valence-electron chi connectivity index (χ3n) is 2.77. The van der Waals surface area contributed by atoms with Gasteiger partial charge in [0.15, 0.2) is 0 Å². The summed E-state index contributed by atoms with van der Waals surface area (Å²) in [5.41, 5.74) is 0.563. The summed E-state index contributed by atoms with van der Waals surface area (Å²) in [4.78, 5) is 0. The number of halogens is 2. The van der Waals surface area contributed by atoms with Crippen LogP contribution in [0, 0.1) is 5.82 Å². The second kappa shape index (κ2) is 5.15. The molecule has 0 spiro atoms. The molecule has 1 fully saturated rings. The van der Waals surface area contributed by atoms with Gasteiger partial charge in [0.1, 0.15) is 5.82 Å². The fraction of sp³-hybridized carbons (Fsp3) is 0.500. The third-order valence-corrected chi connectivity index (χ3v) is 3.27. The van der Waals surface area contributed by atoms with Crippen LogP contribution in [0.15, 0.2) is 22.7 Å². The third kappa shape index (κ3) is 2.95. The first-order valence-corrected chi connectivity index (χ1v) is 6.27. The van der Waals surface area contributed by atoms with Gasteiger partial charge >= 0.3 is 0 Å². The van der Waals surface area contributed by atoms with Crippen molar-refractivity contribution in [2.24, 2.45) is 0 Å². The smallest absolute Gasteiger partial charge is 0.146 e. The molecule has 0 amide bonds. The van der Waals surface area contributed by atoms with Crippen LogP contribution in [0.25, 0.3) is 0 Å². The Hall–Kier alpha value is -0.610. The van der Waals surface area contributed by atoms with E-state index >= 15 is 0 Å². The Balaban J connectivity index is 2.05. The molecule has 0 aromatic heterocycles. The van der Waals surface area contributed by atoms with Crippen molar-refractivity contribution in [3.63, 3.8) is 0 Å². The van der Waals surface area contributed by atoms with Gasteiger partial charge in [-0.25, -0.2) is 4.39 Å². The zero-order chi connectivity index (χ0) is 11.5. The average Bonchev–Trinajstić information content (AvgIpc) is 2.24. The van der Waals surface area contributed by atoms with E-state index in [9.17, 15) is 4.39 Å². The van der Waals surface area contributed by atoms with Crippen molar-refractivity contribution in [1.29, 1.82) is 0 Å². The molecule has 1 aliphatic heterocycles. The zero-order valence-corrected chi connectivity index (χ0v) is 10.8. The van der Waals surface area contributed by atoms with E-state index in [1.165, 1.54) is 6.07 Å². The van der Waals surface area contributed by atoms with Gasteiger partial charge in [-0.05, 0) is 38.0 Å². The number of benzene rings is 1. The summed E-state index contributed by atoms with van der Waals surface area (Å²) in [5, 5.41) is 3.24. The van der Waals surface area contributed by atoms with E-state index in [0.717, 1.165) is 23.9 Å². The van der Waals surface area contributed by atoms with Gasteiger partial charge in [-0.2, -0.15) is 0 Å². The van der Waals surface area contributed by atoms with Crippen molar-refractivity contribution >= 4 is 21.6 Å². The molecular formula is C12H15BrFNO. The predicted octanol–water partition coefficient (Wildman–Crippen LogP) is 3.57. The minimum atomic E-state index is -0.206. The molecule has 1 aliphatic rings. The van der Waals surface area contributed by atoms with Gasteiger partial charge in [0.2, 0.25) is 0 Å². The second-order valence-electron chi connectivity index (χ2n) is 4.17. The molecule has 0 aliphatic carbocycles. The van der Waals surface area contributed by atoms with Crippen molar-refractivity contribution < 1.29 is 9.13 Å². The topological polar surface area (TPSA) is 21.3 Å². The van der Waals surface area contributed by atoms with E-state index in [1.54, 1.807) is 12.1 Å². The standard InChI is InChI=1S/C12H15BrFNO/c1-8-6-10(4-5-16-8)15-12-7-9(13)2-3-11(12)14/h2-3,7-8,10,15H,4-6H2,1H3. The van der Waals surface area contributed by atoms with Crippen LogP contribution >= 0.6 is 15.9 Å². The van der Waals surface area contributed by atoms with E-state index in [0.29, 0.717) is 11.7 Å². The highest BCUT2D eigenvalue weighted by atomic mass is 79.9. The normalized spacial score (nSPS) is 25.4. The summed E-state index contributed by atoms with van der Waals surface area (Å²) in [6.07, 6.45) is 2.10. The lowest BCUT2D eigenvalue weighted by Crippen LogP contribution is -2.32. The first-order chi connectivity index (χ1) is 7.65. The number of rotatable bonds is 2.